The third-order valence-electron chi connectivity index (χ3n) is 2.04. The standard InChI is InChI=1S/C6H13NO6/c7-5-3(10)2(9)4(11)6(12,1-8)13-5/h2-5,8-12H,1,7H2. The van der Waals surface area contributed by atoms with Crippen LogP contribution in [0.5, 0.6) is 0 Å². The van der Waals surface area contributed by atoms with Crippen molar-refractivity contribution in [3.8, 4) is 0 Å². The Morgan fingerprint density at radius 2 is 1.77 bits per heavy atom. The highest BCUT2D eigenvalue weighted by Crippen LogP contribution is 2.25. The topological polar surface area (TPSA) is 136 Å². The summed E-state index contributed by atoms with van der Waals surface area (Å²) in [6.45, 7) is -0.925. The van der Waals surface area contributed by atoms with E-state index >= 15 is 0 Å². The number of rotatable bonds is 1. The van der Waals surface area contributed by atoms with Gasteiger partial charge in [0.15, 0.2) is 0 Å². The molecule has 5 atom stereocenters. The Labute approximate surface area is 74.0 Å². The maximum atomic E-state index is 9.33. The van der Waals surface area contributed by atoms with Crippen LogP contribution in [0, 0.1) is 0 Å². The van der Waals surface area contributed by atoms with Gasteiger partial charge in [-0.3, -0.25) is 0 Å². The number of hydrogen-bond donors (Lipinski definition) is 6. The quantitative estimate of drug-likeness (QED) is 0.251. The molecule has 7 heteroatoms. The zero-order valence-electron chi connectivity index (χ0n) is 6.74. The van der Waals surface area contributed by atoms with Gasteiger partial charge in [0.05, 0.1) is 6.61 Å². The van der Waals surface area contributed by atoms with Gasteiger partial charge in [-0.05, 0) is 0 Å². The van der Waals surface area contributed by atoms with Crippen molar-refractivity contribution in [2.75, 3.05) is 6.61 Å². The van der Waals surface area contributed by atoms with Crippen LogP contribution in [0.1, 0.15) is 0 Å². The first-order valence-corrected chi connectivity index (χ1v) is 3.73. The van der Waals surface area contributed by atoms with Gasteiger partial charge in [0.25, 0.3) is 0 Å². The fraction of sp³-hybridized carbons (Fsp3) is 1.00. The molecule has 78 valence electrons. The molecule has 1 fully saturated rings. The first-order valence-electron chi connectivity index (χ1n) is 3.73. The Bertz CT molecular complexity index is 190. The molecule has 1 aliphatic rings. The van der Waals surface area contributed by atoms with E-state index in [4.69, 9.17) is 21.1 Å². The summed E-state index contributed by atoms with van der Waals surface area (Å²) in [7, 11) is 0. The molecule has 0 aliphatic carbocycles. The molecule has 0 aromatic carbocycles. The predicted molar refractivity (Wildman–Crippen MR) is 39.1 cm³/mol. The second-order valence-electron chi connectivity index (χ2n) is 3.01. The smallest absolute Gasteiger partial charge is 0.220 e. The Hall–Kier alpha value is -0.280. The van der Waals surface area contributed by atoms with E-state index < -0.39 is 36.9 Å². The molecule has 7 nitrogen and oxygen atoms in total. The Kier molecular flexibility index (Phi) is 2.88. The molecule has 0 aromatic heterocycles. The molecule has 0 spiro atoms. The molecule has 1 rings (SSSR count). The second-order valence-corrected chi connectivity index (χ2v) is 3.01. The van der Waals surface area contributed by atoms with E-state index in [1.807, 2.05) is 0 Å². The van der Waals surface area contributed by atoms with E-state index in [0.29, 0.717) is 0 Å². The molecule has 1 saturated heterocycles. The van der Waals surface area contributed by atoms with E-state index in [9.17, 15) is 10.2 Å². The van der Waals surface area contributed by atoms with E-state index in [1.165, 1.54) is 0 Å². The second kappa shape index (κ2) is 3.46. The van der Waals surface area contributed by atoms with E-state index in [2.05, 4.69) is 4.74 Å². The van der Waals surface area contributed by atoms with Crippen LogP contribution in [0.4, 0.5) is 0 Å². The molecule has 0 radical (unpaired) electrons. The van der Waals surface area contributed by atoms with Crippen molar-refractivity contribution in [3.63, 3.8) is 0 Å². The fourth-order valence-electron chi connectivity index (χ4n) is 1.15. The van der Waals surface area contributed by atoms with Gasteiger partial charge in [-0.1, -0.05) is 0 Å². The number of ether oxygens (including phenoxy) is 1. The average molecular weight is 195 g/mol. The van der Waals surface area contributed by atoms with Crippen LogP contribution in [0.15, 0.2) is 0 Å². The van der Waals surface area contributed by atoms with Gasteiger partial charge < -0.3 is 36.0 Å². The number of aliphatic hydroxyl groups is 5. The lowest BCUT2D eigenvalue weighted by Crippen LogP contribution is -2.67. The van der Waals surface area contributed by atoms with Crippen LogP contribution in [0.2, 0.25) is 0 Å². The maximum Gasteiger partial charge on any atom is 0.220 e. The molecule has 0 bridgehead atoms. The summed E-state index contributed by atoms with van der Waals surface area (Å²) in [6.07, 6.45) is -6.30. The zero-order chi connectivity index (χ0) is 10.2. The summed E-state index contributed by atoms with van der Waals surface area (Å²) in [6, 6.07) is 0. The van der Waals surface area contributed by atoms with Crippen LogP contribution in [0.25, 0.3) is 0 Å². The van der Waals surface area contributed by atoms with Crippen LogP contribution in [-0.2, 0) is 4.74 Å². The average Bonchev–Trinajstić information content (AvgIpc) is 2.12. The largest absolute Gasteiger partial charge is 0.391 e. The lowest BCUT2D eigenvalue weighted by atomic mass is 9.96. The van der Waals surface area contributed by atoms with Gasteiger partial charge in [-0.15, -0.1) is 0 Å². The van der Waals surface area contributed by atoms with Gasteiger partial charge >= 0.3 is 0 Å². The Morgan fingerprint density at radius 1 is 1.23 bits per heavy atom. The summed E-state index contributed by atoms with van der Waals surface area (Å²) in [5, 5.41) is 45.4. The van der Waals surface area contributed by atoms with Crippen LogP contribution < -0.4 is 5.73 Å². The molecule has 5 unspecified atom stereocenters. The summed E-state index contributed by atoms with van der Waals surface area (Å²) in [5.41, 5.74) is 5.17. The normalized spacial score (nSPS) is 52.2. The monoisotopic (exact) mass is 195 g/mol. The van der Waals surface area contributed by atoms with E-state index in [0.717, 1.165) is 0 Å². The summed E-state index contributed by atoms with van der Waals surface area (Å²) in [4.78, 5) is 0. The molecule has 7 N–H and O–H groups in total. The highest BCUT2D eigenvalue weighted by molar-refractivity contribution is 4.93. The molecule has 0 aromatic rings. The van der Waals surface area contributed by atoms with Crippen molar-refractivity contribution in [1.29, 1.82) is 0 Å². The van der Waals surface area contributed by atoms with Crippen LogP contribution in [0.3, 0.4) is 0 Å². The maximum absolute atomic E-state index is 9.33. The van der Waals surface area contributed by atoms with Gasteiger partial charge in [0.2, 0.25) is 5.79 Å². The van der Waals surface area contributed by atoms with Gasteiger partial charge in [-0.25, -0.2) is 0 Å². The number of nitrogens with two attached hydrogens (primary N) is 1. The third-order valence-corrected chi connectivity index (χ3v) is 2.04. The first kappa shape index (κ1) is 10.8. The van der Waals surface area contributed by atoms with Crippen molar-refractivity contribution in [2.45, 2.75) is 30.3 Å². The highest BCUT2D eigenvalue weighted by Gasteiger charge is 2.51. The summed E-state index contributed by atoms with van der Waals surface area (Å²) >= 11 is 0. The van der Waals surface area contributed by atoms with Crippen LogP contribution in [-0.4, -0.2) is 62.5 Å². The predicted octanol–water partition coefficient (Wildman–Crippen LogP) is -3.94. The Morgan fingerprint density at radius 3 is 2.23 bits per heavy atom. The lowest BCUT2D eigenvalue weighted by Gasteiger charge is -2.43. The minimum atomic E-state index is -2.32. The molecular weight excluding hydrogens is 182 g/mol. The minimum Gasteiger partial charge on any atom is -0.391 e. The molecule has 0 amide bonds. The fourth-order valence-corrected chi connectivity index (χ4v) is 1.15. The lowest BCUT2D eigenvalue weighted by molar-refractivity contribution is -0.353. The zero-order valence-corrected chi connectivity index (χ0v) is 6.74. The van der Waals surface area contributed by atoms with E-state index in [-0.39, 0.29) is 0 Å². The number of hydrogen-bond acceptors (Lipinski definition) is 7. The van der Waals surface area contributed by atoms with Gasteiger partial charge in [0, 0.05) is 0 Å². The molecule has 0 saturated carbocycles. The molecule has 1 aliphatic heterocycles. The third kappa shape index (κ3) is 1.67. The van der Waals surface area contributed by atoms with Crippen molar-refractivity contribution in [3.05, 3.63) is 0 Å². The molecule has 1 heterocycles. The van der Waals surface area contributed by atoms with Crippen molar-refractivity contribution in [2.24, 2.45) is 5.73 Å². The number of aliphatic hydroxyl groups excluding tert-OH is 4. The van der Waals surface area contributed by atoms with E-state index in [1.54, 1.807) is 0 Å². The highest BCUT2D eigenvalue weighted by atomic mass is 16.7. The first-order chi connectivity index (χ1) is 5.92. The van der Waals surface area contributed by atoms with Crippen LogP contribution >= 0.6 is 0 Å². The molecular formula is C6H13NO6. The van der Waals surface area contributed by atoms with Gasteiger partial charge in [-0.2, -0.15) is 0 Å². The summed E-state index contributed by atoms with van der Waals surface area (Å²) < 4.78 is 4.54. The van der Waals surface area contributed by atoms with Crippen molar-refractivity contribution in [1.82, 2.24) is 0 Å². The van der Waals surface area contributed by atoms with Crippen molar-refractivity contribution < 1.29 is 30.3 Å². The summed E-state index contributed by atoms with van der Waals surface area (Å²) in [5.74, 6) is -2.32. The SMILES string of the molecule is NC1OC(O)(CO)C(O)C(O)C1O. The molecule has 13 heavy (non-hydrogen) atoms. The Balaban J connectivity index is 2.82. The van der Waals surface area contributed by atoms with Gasteiger partial charge in [0.1, 0.15) is 24.5 Å². The minimum absolute atomic E-state index is 0.925. The van der Waals surface area contributed by atoms with Crippen molar-refractivity contribution >= 4 is 0 Å².